The summed E-state index contributed by atoms with van der Waals surface area (Å²) in [5.41, 5.74) is 0.905. The molecule has 2 aromatic carbocycles. The van der Waals surface area contributed by atoms with Crippen LogP contribution in [0, 0.1) is 0 Å². The van der Waals surface area contributed by atoms with Crippen molar-refractivity contribution in [1.29, 1.82) is 0 Å². The zero-order chi connectivity index (χ0) is 20.8. The Morgan fingerprint density at radius 2 is 1.72 bits per heavy atom. The average molecular weight is 393 g/mol. The van der Waals surface area contributed by atoms with Gasteiger partial charge in [-0.05, 0) is 31.4 Å². The third kappa shape index (κ3) is 5.07. The molecule has 0 saturated heterocycles. The topological polar surface area (TPSA) is 90.3 Å². The molecule has 0 saturated carbocycles. The van der Waals surface area contributed by atoms with Crippen molar-refractivity contribution in [2.45, 2.75) is 25.8 Å². The zero-order valence-electron chi connectivity index (χ0n) is 16.4. The number of aryl methyl sites for hydroxylation is 2. The summed E-state index contributed by atoms with van der Waals surface area (Å²) in [6.07, 6.45) is 1.62. The van der Waals surface area contributed by atoms with E-state index < -0.39 is 12.6 Å². The molecule has 1 N–H and O–H groups in total. The van der Waals surface area contributed by atoms with Crippen LogP contribution in [0.25, 0.3) is 10.8 Å². The molecular formula is C22H23N3O4. The van der Waals surface area contributed by atoms with Crippen LogP contribution in [0.1, 0.15) is 29.4 Å². The number of carbonyl (C=O) groups is 2. The Kier molecular flexibility index (Phi) is 6.39. The maximum absolute atomic E-state index is 12.4. The number of hydrogen-bond acceptors (Lipinski definition) is 5. The highest BCUT2D eigenvalue weighted by molar-refractivity contribution is 6.02. The van der Waals surface area contributed by atoms with Crippen LogP contribution >= 0.6 is 0 Å². The molecule has 7 heteroatoms. The first-order valence-electron chi connectivity index (χ1n) is 9.42. The molecule has 29 heavy (non-hydrogen) atoms. The number of fused-ring (bicyclic) bond motifs is 1. The van der Waals surface area contributed by atoms with Crippen LogP contribution in [0.2, 0.25) is 0 Å². The molecule has 0 aliphatic heterocycles. The summed E-state index contributed by atoms with van der Waals surface area (Å²) in [4.78, 5) is 36.7. The Hall–Kier alpha value is -3.48. The van der Waals surface area contributed by atoms with Crippen molar-refractivity contribution in [3.8, 4) is 0 Å². The molecule has 7 nitrogen and oxygen atoms in total. The fourth-order valence-electron chi connectivity index (χ4n) is 3.07. The molecule has 0 radical (unpaired) electrons. The summed E-state index contributed by atoms with van der Waals surface area (Å²) >= 11 is 0. The van der Waals surface area contributed by atoms with Gasteiger partial charge in [0, 0.05) is 18.5 Å². The lowest BCUT2D eigenvalue weighted by Crippen LogP contribution is -2.36. The predicted molar refractivity (Wildman–Crippen MR) is 110 cm³/mol. The summed E-state index contributed by atoms with van der Waals surface area (Å²) in [5, 5.41) is 7.59. The molecule has 1 amide bonds. The van der Waals surface area contributed by atoms with Gasteiger partial charge in [0.05, 0.1) is 5.39 Å². The molecule has 0 unspecified atom stereocenters. The van der Waals surface area contributed by atoms with E-state index in [4.69, 9.17) is 4.74 Å². The van der Waals surface area contributed by atoms with Crippen molar-refractivity contribution in [3.63, 3.8) is 0 Å². The van der Waals surface area contributed by atoms with E-state index in [1.54, 1.807) is 24.3 Å². The third-order valence-corrected chi connectivity index (χ3v) is 4.60. The van der Waals surface area contributed by atoms with Crippen molar-refractivity contribution >= 4 is 22.6 Å². The molecule has 0 aliphatic rings. The number of ether oxygens (including phenoxy) is 1. The molecule has 1 heterocycles. The van der Waals surface area contributed by atoms with Crippen LogP contribution in [-0.4, -0.2) is 34.3 Å². The molecule has 150 valence electrons. The van der Waals surface area contributed by atoms with Gasteiger partial charge in [0.15, 0.2) is 12.3 Å². The van der Waals surface area contributed by atoms with E-state index in [1.807, 2.05) is 37.3 Å². The number of aromatic nitrogens is 2. The molecule has 0 bridgehead atoms. The maximum atomic E-state index is 12.4. The number of carbonyl (C=O) groups excluding carboxylic acids is 2. The molecular weight excluding hydrogens is 370 g/mol. The smallest absolute Gasteiger partial charge is 0.359 e. The van der Waals surface area contributed by atoms with Gasteiger partial charge < -0.3 is 10.1 Å². The normalized spacial score (nSPS) is 11.8. The maximum Gasteiger partial charge on any atom is 0.359 e. The number of nitrogens with one attached hydrogen (secondary N) is 1. The van der Waals surface area contributed by atoms with Crippen LogP contribution in [0.3, 0.4) is 0 Å². The van der Waals surface area contributed by atoms with Crippen molar-refractivity contribution in [2.75, 3.05) is 6.61 Å². The lowest BCUT2D eigenvalue weighted by atomic mass is 10.1. The van der Waals surface area contributed by atoms with Gasteiger partial charge in [-0.3, -0.25) is 9.59 Å². The van der Waals surface area contributed by atoms with Gasteiger partial charge in [0.25, 0.3) is 11.5 Å². The van der Waals surface area contributed by atoms with Gasteiger partial charge in [0.1, 0.15) is 0 Å². The Labute approximate surface area is 168 Å². The minimum absolute atomic E-state index is 0.00706. The van der Waals surface area contributed by atoms with Crippen LogP contribution in [0.5, 0.6) is 0 Å². The van der Waals surface area contributed by atoms with Gasteiger partial charge in [-0.1, -0.05) is 48.5 Å². The fourth-order valence-corrected chi connectivity index (χ4v) is 3.07. The monoisotopic (exact) mass is 393 g/mol. The van der Waals surface area contributed by atoms with Crippen LogP contribution in [0.4, 0.5) is 0 Å². The second-order valence-electron chi connectivity index (χ2n) is 6.89. The number of hydrogen-bond donors (Lipinski definition) is 1. The second-order valence-corrected chi connectivity index (χ2v) is 6.89. The molecule has 0 spiro atoms. The van der Waals surface area contributed by atoms with Crippen LogP contribution in [0.15, 0.2) is 59.4 Å². The van der Waals surface area contributed by atoms with Gasteiger partial charge >= 0.3 is 5.97 Å². The molecule has 3 aromatic rings. The first kappa shape index (κ1) is 20.3. The molecule has 3 rings (SSSR count). The summed E-state index contributed by atoms with van der Waals surface area (Å²) in [5.74, 6) is -1.13. The fraction of sp³-hybridized carbons (Fsp3) is 0.273. The van der Waals surface area contributed by atoms with E-state index in [1.165, 1.54) is 12.6 Å². The van der Waals surface area contributed by atoms with Gasteiger partial charge in [0.2, 0.25) is 0 Å². The summed E-state index contributed by atoms with van der Waals surface area (Å²) in [7, 11) is 1.46. The molecule has 0 fully saturated rings. The summed E-state index contributed by atoms with van der Waals surface area (Å²) < 4.78 is 6.22. The number of rotatable bonds is 7. The Balaban J connectivity index is 1.57. The van der Waals surface area contributed by atoms with Crippen molar-refractivity contribution in [2.24, 2.45) is 7.05 Å². The largest absolute Gasteiger partial charge is 0.451 e. The van der Waals surface area contributed by atoms with E-state index in [0.717, 1.165) is 17.5 Å². The predicted octanol–water partition coefficient (Wildman–Crippen LogP) is 2.23. The third-order valence-electron chi connectivity index (χ3n) is 4.60. The van der Waals surface area contributed by atoms with Crippen molar-refractivity contribution < 1.29 is 14.3 Å². The Morgan fingerprint density at radius 1 is 1.07 bits per heavy atom. The summed E-state index contributed by atoms with van der Waals surface area (Å²) in [6, 6.07) is 16.6. The zero-order valence-corrected chi connectivity index (χ0v) is 16.4. The SMILES string of the molecule is C[C@H](CCc1ccccc1)NC(=O)COC(=O)c1nn(C)c(=O)c2ccccc12. The van der Waals surface area contributed by atoms with Crippen LogP contribution < -0.4 is 10.9 Å². The summed E-state index contributed by atoms with van der Waals surface area (Å²) in [6.45, 7) is 1.50. The van der Waals surface area contributed by atoms with E-state index in [9.17, 15) is 14.4 Å². The van der Waals surface area contributed by atoms with Gasteiger partial charge in [-0.2, -0.15) is 5.10 Å². The van der Waals surface area contributed by atoms with Gasteiger partial charge in [-0.25, -0.2) is 9.48 Å². The quantitative estimate of drug-likeness (QED) is 0.622. The van der Waals surface area contributed by atoms with Crippen molar-refractivity contribution in [1.82, 2.24) is 15.1 Å². The minimum Gasteiger partial charge on any atom is -0.451 e. The first-order chi connectivity index (χ1) is 14.0. The van der Waals surface area contributed by atoms with Crippen molar-refractivity contribution in [3.05, 3.63) is 76.2 Å². The molecule has 1 atom stereocenters. The Bertz CT molecular complexity index is 1080. The highest BCUT2D eigenvalue weighted by Gasteiger charge is 2.18. The minimum atomic E-state index is -0.746. The lowest BCUT2D eigenvalue weighted by Gasteiger charge is -2.14. The number of esters is 1. The highest BCUT2D eigenvalue weighted by Crippen LogP contribution is 2.14. The number of nitrogens with zero attached hydrogens (tertiary/aromatic N) is 2. The highest BCUT2D eigenvalue weighted by atomic mass is 16.5. The Morgan fingerprint density at radius 3 is 2.45 bits per heavy atom. The lowest BCUT2D eigenvalue weighted by molar-refractivity contribution is -0.124. The standard InChI is InChI=1S/C22H23N3O4/c1-15(12-13-16-8-4-3-5-9-16)23-19(26)14-29-22(28)20-17-10-6-7-11-18(17)21(27)25(2)24-20/h3-11,15H,12-14H2,1-2H3,(H,23,26)/t15-/m1/s1. The van der Waals surface area contributed by atoms with E-state index in [0.29, 0.717) is 10.8 Å². The van der Waals surface area contributed by atoms with E-state index >= 15 is 0 Å². The first-order valence-corrected chi connectivity index (χ1v) is 9.42. The van der Waals surface area contributed by atoms with E-state index in [2.05, 4.69) is 10.4 Å². The number of amides is 1. The molecule has 1 aromatic heterocycles. The number of benzene rings is 2. The second kappa shape index (κ2) is 9.14. The average Bonchev–Trinajstić information content (AvgIpc) is 2.74. The van der Waals surface area contributed by atoms with Gasteiger partial charge in [-0.15, -0.1) is 0 Å². The molecule has 0 aliphatic carbocycles. The van der Waals surface area contributed by atoms with E-state index in [-0.39, 0.29) is 23.2 Å². The van der Waals surface area contributed by atoms with Crippen LogP contribution in [-0.2, 0) is 23.0 Å².